The highest BCUT2D eigenvalue weighted by atomic mass is 35.5. The molecule has 40 heavy (non-hydrogen) atoms. The van der Waals surface area contributed by atoms with Crippen molar-refractivity contribution in [1.29, 1.82) is 5.26 Å². The number of anilines is 3. The Kier molecular flexibility index (Phi) is 7.83. The topological polar surface area (TPSA) is 114 Å². The number of nitriles is 1. The molecule has 5 N–H and O–H groups in total. The molecule has 0 aliphatic carbocycles. The van der Waals surface area contributed by atoms with E-state index in [0.29, 0.717) is 45.2 Å². The first-order valence-corrected chi connectivity index (χ1v) is 13.4. The molecule has 0 spiro atoms. The van der Waals surface area contributed by atoms with Crippen molar-refractivity contribution in [2.24, 2.45) is 10.7 Å². The van der Waals surface area contributed by atoms with Crippen molar-refractivity contribution >= 4 is 57.5 Å². The van der Waals surface area contributed by atoms with Crippen LogP contribution in [0.1, 0.15) is 19.4 Å². The monoisotopic (exact) mass is 576 g/mol. The maximum Gasteiger partial charge on any atom is 0.141 e. The van der Waals surface area contributed by atoms with Crippen LogP contribution < -0.4 is 21.7 Å². The van der Waals surface area contributed by atoms with Crippen molar-refractivity contribution in [2.75, 3.05) is 17.2 Å². The molecule has 0 fully saturated rings. The van der Waals surface area contributed by atoms with Crippen LogP contribution in [0.15, 0.2) is 77.3 Å². The Labute approximate surface area is 241 Å². The number of pyridine rings is 1. The summed E-state index contributed by atoms with van der Waals surface area (Å²) in [5.74, 6) is -0.538. The van der Waals surface area contributed by atoms with Crippen LogP contribution in [0, 0.1) is 17.1 Å². The molecule has 0 saturated carbocycles. The van der Waals surface area contributed by atoms with Crippen LogP contribution in [0.4, 0.5) is 21.5 Å². The number of halogens is 3. The first-order chi connectivity index (χ1) is 19.2. The molecule has 2 aromatic carbocycles. The van der Waals surface area contributed by atoms with E-state index in [0.717, 1.165) is 5.57 Å². The average Bonchev–Trinajstić information content (AvgIpc) is 3.42. The summed E-state index contributed by atoms with van der Waals surface area (Å²) in [6.45, 7) is 4.68. The van der Waals surface area contributed by atoms with E-state index in [1.807, 2.05) is 50.8 Å². The molecule has 11 heteroatoms. The number of nitrogens with two attached hydrogens (primary N) is 1. The van der Waals surface area contributed by atoms with Crippen molar-refractivity contribution in [2.45, 2.75) is 32.0 Å². The lowest BCUT2D eigenvalue weighted by molar-refractivity contribution is 0.480. The molecule has 3 heterocycles. The van der Waals surface area contributed by atoms with Crippen LogP contribution in [0.3, 0.4) is 0 Å². The van der Waals surface area contributed by atoms with Crippen LogP contribution in [0.25, 0.3) is 10.9 Å². The van der Waals surface area contributed by atoms with E-state index in [9.17, 15) is 9.65 Å². The van der Waals surface area contributed by atoms with E-state index >= 15 is 0 Å². The molecule has 0 bridgehead atoms. The molecular weight excluding hydrogens is 550 g/mol. The van der Waals surface area contributed by atoms with Crippen LogP contribution in [0.5, 0.6) is 0 Å². The van der Waals surface area contributed by atoms with Crippen LogP contribution in [-0.4, -0.2) is 40.9 Å². The largest absolute Gasteiger partial charge is 0.399 e. The number of nitrogens with one attached hydrogen (secondary N) is 3. The lowest BCUT2D eigenvalue weighted by Crippen LogP contribution is -2.41. The van der Waals surface area contributed by atoms with Crippen LogP contribution >= 0.6 is 23.2 Å². The van der Waals surface area contributed by atoms with Gasteiger partial charge in [-0.2, -0.15) is 5.26 Å². The van der Waals surface area contributed by atoms with E-state index < -0.39 is 11.9 Å². The first-order valence-electron chi connectivity index (χ1n) is 12.6. The fourth-order valence-electron chi connectivity index (χ4n) is 4.64. The highest BCUT2D eigenvalue weighted by molar-refractivity contribution is 6.36. The van der Waals surface area contributed by atoms with Gasteiger partial charge in [0, 0.05) is 41.4 Å². The average molecular weight is 577 g/mol. The summed E-state index contributed by atoms with van der Waals surface area (Å²) in [6, 6.07) is 9.89. The molecule has 3 aromatic rings. The number of aliphatic imine (C=N–C) groups is 1. The molecule has 1 aromatic heterocycles. The normalized spacial score (nSPS) is 17.0. The number of benzene rings is 2. The highest BCUT2D eigenvalue weighted by Crippen LogP contribution is 2.36. The van der Waals surface area contributed by atoms with Crippen molar-refractivity contribution < 1.29 is 4.39 Å². The fraction of sp³-hybridized carbons (Fsp3) is 0.207. The predicted octanol–water partition coefficient (Wildman–Crippen LogP) is 6.04. The van der Waals surface area contributed by atoms with Crippen molar-refractivity contribution in [3.8, 4) is 6.07 Å². The molecule has 2 aliphatic rings. The Morgan fingerprint density at radius 2 is 2.02 bits per heavy atom. The number of allylic oxidation sites excluding steroid dienone is 2. The second kappa shape index (κ2) is 11.5. The minimum absolute atomic E-state index is 0.0248. The highest BCUT2D eigenvalue weighted by Gasteiger charge is 2.31. The molecule has 2 unspecified atom stereocenters. The smallest absolute Gasteiger partial charge is 0.141 e. The number of fused-ring (bicyclic) bond motifs is 2. The SMILES string of the molecule is CC(C)NC=C(N)C(Nc1cc(Cl)c2ncc(C#N)c(Nc3ccc(F)c(Cl)c3)c2c1)C1=CC=CN2C=NCC12. The maximum atomic E-state index is 13.8. The molecular formula is C29H27Cl2FN8. The molecule has 2 aliphatic heterocycles. The molecule has 0 saturated heterocycles. The summed E-state index contributed by atoms with van der Waals surface area (Å²) < 4.78 is 13.8. The minimum Gasteiger partial charge on any atom is -0.399 e. The Bertz CT molecular complexity index is 1620. The van der Waals surface area contributed by atoms with E-state index in [1.54, 1.807) is 12.1 Å². The van der Waals surface area contributed by atoms with Gasteiger partial charge in [0.2, 0.25) is 0 Å². The number of hydrogen-bond acceptors (Lipinski definition) is 8. The van der Waals surface area contributed by atoms with Crippen molar-refractivity contribution in [1.82, 2.24) is 15.2 Å². The third-order valence-electron chi connectivity index (χ3n) is 6.58. The van der Waals surface area contributed by atoms with Gasteiger partial charge in [-0.15, -0.1) is 0 Å². The molecule has 0 radical (unpaired) electrons. The second-order valence-corrected chi connectivity index (χ2v) is 10.6. The number of hydrogen-bond donors (Lipinski definition) is 4. The van der Waals surface area contributed by atoms with Gasteiger partial charge in [0.05, 0.1) is 57.5 Å². The van der Waals surface area contributed by atoms with Gasteiger partial charge in [-0.3, -0.25) is 9.98 Å². The fourth-order valence-corrected chi connectivity index (χ4v) is 5.09. The second-order valence-electron chi connectivity index (χ2n) is 9.76. The van der Waals surface area contributed by atoms with Gasteiger partial charge >= 0.3 is 0 Å². The predicted molar refractivity (Wildman–Crippen MR) is 160 cm³/mol. The van der Waals surface area contributed by atoms with Crippen molar-refractivity contribution in [3.05, 3.63) is 93.8 Å². The first kappa shape index (κ1) is 27.3. The summed E-state index contributed by atoms with van der Waals surface area (Å²) in [5.41, 5.74) is 10.7. The lowest BCUT2D eigenvalue weighted by Gasteiger charge is -2.33. The zero-order valence-electron chi connectivity index (χ0n) is 21.8. The zero-order valence-corrected chi connectivity index (χ0v) is 23.3. The van der Waals surface area contributed by atoms with Gasteiger partial charge in [-0.1, -0.05) is 29.3 Å². The van der Waals surface area contributed by atoms with Gasteiger partial charge in [0.25, 0.3) is 0 Å². The Hall–Kier alpha value is -4.26. The van der Waals surface area contributed by atoms with Crippen molar-refractivity contribution in [3.63, 3.8) is 0 Å². The molecule has 2 atom stereocenters. The van der Waals surface area contributed by atoms with E-state index in [-0.39, 0.29) is 22.7 Å². The maximum absolute atomic E-state index is 13.8. The van der Waals surface area contributed by atoms with E-state index in [4.69, 9.17) is 28.9 Å². The minimum atomic E-state index is -0.538. The number of rotatable bonds is 8. The summed E-state index contributed by atoms with van der Waals surface area (Å²) >= 11 is 12.7. The van der Waals surface area contributed by atoms with Crippen LogP contribution in [0.2, 0.25) is 10.0 Å². The molecule has 0 amide bonds. The Balaban J connectivity index is 1.58. The van der Waals surface area contributed by atoms with E-state index in [2.05, 4.69) is 36.9 Å². The van der Waals surface area contributed by atoms with Gasteiger partial charge in [-0.05, 0) is 55.8 Å². The summed E-state index contributed by atoms with van der Waals surface area (Å²) in [6.07, 6.45) is 11.1. The Morgan fingerprint density at radius 3 is 2.77 bits per heavy atom. The van der Waals surface area contributed by atoms with E-state index in [1.165, 1.54) is 18.3 Å². The summed E-state index contributed by atoms with van der Waals surface area (Å²) in [5, 5.41) is 20.8. The zero-order chi connectivity index (χ0) is 28.4. The lowest BCUT2D eigenvalue weighted by atomic mass is 9.93. The third-order valence-corrected chi connectivity index (χ3v) is 7.16. The van der Waals surface area contributed by atoms with Crippen LogP contribution in [-0.2, 0) is 0 Å². The molecule has 204 valence electrons. The number of nitrogens with zero attached hydrogens (tertiary/aromatic N) is 4. The summed E-state index contributed by atoms with van der Waals surface area (Å²) in [4.78, 5) is 10.9. The molecule has 8 nitrogen and oxygen atoms in total. The standard InChI is InChI=1S/C29H27Cl2FN8/c1-16(2)36-13-25(34)29(20-4-3-7-40-15-35-14-26(20)40)39-19-8-21-27(38-18-5-6-24(32)22(30)9-18)17(11-33)12-37-28(21)23(31)10-19/h3-10,12-13,15-16,26,29,36,39H,14,34H2,1-2H3,(H,37,38). The number of aromatic nitrogens is 1. The third kappa shape index (κ3) is 5.55. The van der Waals surface area contributed by atoms with Gasteiger partial charge < -0.3 is 26.6 Å². The van der Waals surface area contributed by atoms with Gasteiger partial charge in [0.1, 0.15) is 11.9 Å². The Morgan fingerprint density at radius 1 is 1.23 bits per heavy atom. The van der Waals surface area contributed by atoms with Gasteiger partial charge in [-0.25, -0.2) is 4.39 Å². The molecule has 5 rings (SSSR count). The summed E-state index contributed by atoms with van der Waals surface area (Å²) in [7, 11) is 0. The van der Waals surface area contributed by atoms with Gasteiger partial charge in [0.15, 0.2) is 0 Å². The quantitative estimate of drug-likeness (QED) is 0.258.